The summed E-state index contributed by atoms with van der Waals surface area (Å²) in [5.74, 6) is -1.47. The molecule has 0 saturated carbocycles. The molecule has 7 nitrogen and oxygen atoms in total. The number of hydrogen-bond acceptors (Lipinski definition) is 5. The van der Waals surface area contributed by atoms with Crippen LogP contribution < -0.4 is 10.6 Å². The Labute approximate surface area is 153 Å². The van der Waals surface area contributed by atoms with Crippen LogP contribution in [-0.4, -0.2) is 42.8 Å². The number of rotatable bonds is 10. The third-order valence-corrected chi connectivity index (χ3v) is 3.89. The van der Waals surface area contributed by atoms with E-state index in [1.165, 1.54) is 14.0 Å². The quantitative estimate of drug-likeness (QED) is 0.608. The fraction of sp³-hybridized carbons (Fsp3) is 0.474. The van der Waals surface area contributed by atoms with Gasteiger partial charge in [-0.05, 0) is 12.0 Å². The van der Waals surface area contributed by atoms with Crippen molar-refractivity contribution in [3.05, 3.63) is 35.9 Å². The number of benzene rings is 1. The highest BCUT2D eigenvalue weighted by atomic mass is 16.5. The standard InChI is InChI=1S/C19H26N2O5/c1-4-15(23)10-11-16(19(25)26-3)21-18(24)17(20-13(2)22)12-14-8-6-5-7-9-14/h5-9,16-17H,4,10-12H2,1-3H3,(H,20,22)(H,21,24)/t16-,17+/m0/s1. The molecule has 0 aliphatic heterocycles. The largest absolute Gasteiger partial charge is 0.467 e. The van der Waals surface area contributed by atoms with Crippen molar-refractivity contribution in [1.82, 2.24) is 10.6 Å². The number of amides is 2. The summed E-state index contributed by atoms with van der Waals surface area (Å²) in [5.41, 5.74) is 0.872. The Kier molecular flexibility index (Phi) is 9.05. The molecule has 2 atom stereocenters. The minimum absolute atomic E-state index is 0.00384. The van der Waals surface area contributed by atoms with Gasteiger partial charge in [0.1, 0.15) is 17.9 Å². The number of nitrogens with one attached hydrogen (secondary N) is 2. The molecule has 0 saturated heterocycles. The highest BCUT2D eigenvalue weighted by Crippen LogP contribution is 2.07. The van der Waals surface area contributed by atoms with Crippen LogP contribution in [-0.2, 0) is 30.3 Å². The van der Waals surface area contributed by atoms with E-state index in [2.05, 4.69) is 10.6 Å². The topological polar surface area (TPSA) is 102 Å². The van der Waals surface area contributed by atoms with Crippen LogP contribution in [0, 0.1) is 0 Å². The van der Waals surface area contributed by atoms with Crippen molar-refractivity contribution in [2.75, 3.05) is 7.11 Å². The molecule has 7 heteroatoms. The van der Waals surface area contributed by atoms with E-state index in [-0.39, 0.29) is 31.0 Å². The lowest BCUT2D eigenvalue weighted by Crippen LogP contribution is -2.52. The van der Waals surface area contributed by atoms with Crippen molar-refractivity contribution in [3.8, 4) is 0 Å². The third-order valence-electron chi connectivity index (χ3n) is 3.89. The summed E-state index contributed by atoms with van der Waals surface area (Å²) in [4.78, 5) is 47.5. The molecule has 1 rings (SSSR count). The van der Waals surface area contributed by atoms with Gasteiger partial charge in [0.25, 0.3) is 0 Å². The molecule has 1 aromatic rings. The van der Waals surface area contributed by atoms with Crippen LogP contribution in [0.3, 0.4) is 0 Å². The van der Waals surface area contributed by atoms with E-state index in [1.54, 1.807) is 6.92 Å². The molecule has 142 valence electrons. The SMILES string of the molecule is CCC(=O)CC[C@H](NC(=O)[C@@H](Cc1ccccc1)NC(C)=O)C(=O)OC. The van der Waals surface area contributed by atoms with Gasteiger partial charge in [0.15, 0.2) is 0 Å². The minimum atomic E-state index is -0.935. The summed E-state index contributed by atoms with van der Waals surface area (Å²) in [6.07, 6.45) is 0.974. The van der Waals surface area contributed by atoms with Crippen molar-refractivity contribution < 1.29 is 23.9 Å². The first-order valence-electron chi connectivity index (χ1n) is 8.58. The zero-order valence-corrected chi connectivity index (χ0v) is 15.4. The molecule has 1 aromatic carbocycles. The molecule has 0 unspecified atom stereocenters. The van der Waals surface area contributed by atoms with Crippen LogP contribution in [0.4, 0.5) is 0 Å². The van der Waals surface area contributed by atoms with Gasteiger partial charge in [-0.15, -0.1) is 0 Å². The van der Waals surface area contributed by atoms with Crippen molar-refractivity contribution in [1.29, 1.82) is 0 Å². The first-order valence-corrected chi connectivity index (χ1v) is 8.58. The minimum Gasteiger partial charge on any atom is -0.467 e. The number of hydrogen-bond donors (Lipinski definition) is 2. The summed E-state index contributed by atoms with van der Waals surface area (Å²) >= 11 is 0. The number of ether oxygens (including phenoxy) is 1. The second-order valence-electron chi connectivity index (χ2n) is 5.96. The van der Waals surface area contributed by atoms with Gasteiger partial charge in [0.2, 0.25) is 11.8 Å². The Bertz CT molecular complexity index is 630. The summed E-state index contributed by atoms with van der Waals surface area (Å²) in [6, 6.07) is 7.46. The highest BCUT2D eigenvalue weighted by Gasteiger charge is 2.27. The molecule has 0 aliphatic carbocycles. The van der Waals surface area contributed by atoms with Crippen molar-refractivity contribution in [2.24, 2.45) is 0 Å². The molecule has 0 spiro atoms. The number of ketones is 1. The maximum atomic E-state index is 12.6. The van der Waals surface area contributed by atoms with Gasteiger partial charge in [-0.2, -0.15) is 0 Å². The molecule has 0 fully saturated rings. The number of carbonyl (C=O) groups is 4. The van der Waals surface area contributed by atoms with E-state index in [0.29, 0.717) is 6.42 Å². The average molecular weight is 362 g/mol. The summed E-state index contributed by atoms with van der Waals surface area (Å²) in [7, 11) is 1.22. The van der Waals surface area contributed by atoms with E-state index in [0.717, 1.165) is 5.56 Å². The Morgan fingerprint density at radius 2 is 1.69 bits per heavy atom. The fourth-order valence-corrected chi connectivity index (χ4v) is 2.45. The van der Waals surface area contributed by atoms with Crippen LogP contribution >= 0.6 is 0 Å². The van der Waals surface area contributed by atoms with Crippen LogP contribution in [0.5, 0.6) is 0 Å². The Hall–Kier alpha value is -2.70. The molecular formula is C19H26N2O5. The lowest BCUT2D eigenvalue weighted by atomic mass is 10.0. The van der Waals surface area contributed by atoms with Crippen LogP contribution in [0.15, 0.2) is 30.3 Å². The highest BCUT2D eigenvalue weighted by molar-refractivity contribution is 5.90. The summed E-state index contributed by atoms with van der Waals surface area (Å²) in [5, 5.41) is 5.19. The molecule has 0 heterocycles. The van der Waals surface area contributed by atoms with Gasteiger partial charge in [-0.1, -0.05) is 37.3 Å². The molecule has 2 amide bonds. The first kappa shape index (κ1) is 21.3. The molecule has 2 N–H and O–H groups in total. The Morgan fingerprint density at radius 1 is 1.04 bits per heavy atom. The molecular weight excluding hydrogens is 336 g/mol. The number of Topliss-reactive ketones (excluding diaryl/α,β-unsaturated/α-hetero) is 1. The van der Waals surface area contributed by atoms with Crippen molar-refractivity contribution in [2.45, 2.75) is 51.6 Å². The molecule has 0 aliphatic rings. The van der Waals surface area contributed by atoms with E-state index in [1.807, 2.05) is 30.3 Å². The van der Waals surface area contributed by atoms with Gasteiger partial charge in [-0.25, -0.2) is 4.79 Å². The van der Waals surface area contributed by atoms with E-state index in [4.69, 9.17) is 4.74 Å². The zero-order valence-electron chi connectivity index (χ0n) is 15.4. The third kappa shape index (κ3) is 7.46. The average Bonchev–Trinajstić information content (AvgIpc) is 2.63. The first-order chi connectivity index (χ1) is 12.4. The second-order valence-corrected chi connectivity index (χ2v) is 5.96. The van der Waals surface area contributed by atoms with E-state index >= 15 is 0 Å². The normalized spacial score (nSPS) is 12.6. The smallest absolute Gasteiger partial charge is 0.328 e. The monoisotopic (exact) mass is 362 g/mol. The van der Waals surface area contributed by atoms with Gasteiger partial charge < -0.3 is 15.4 Å². The Morgan fingerprint density at radius 3 is 2.23 bits per heavy atom. The maximum Gasteiger partial charge on any atom is 0.328 e. The second kappa shape index (κ2) is 11.0. The predicted molar refractivity (Wildman–Crippen MR) is 96.2 cm³/mol. The van der Waals surface area contributed by atoms with Crippen molar-refractivity contribution >= 4 is 23.6 Å². The van der Waals surface area contributed by atoms with Gasteiger partial charge in [0, 0.05) is 26.2 Å². The molecule has 26 heavy (non-hydrogen) atoms. The van der Waals surface area contributed by atoms with Crippen molar-refractivity contribution in [3.63, 3.8) is 0 Å². The molecule has 0 aromatic heterocycles. The molecule has 0 bridgehead atoms. The molecule has 0 radical (unpaired) electrons. The zero-order chi connectivity index (χ0) is 19.5. The number of carbonyl (C=O) groups excluding carboxylic acids is 4. The van der Waals surface area contributed by atoms with Gasteiger partial charge >= 0.3 is 5.97 Å². The lowest BCUT2D eigenvalue weighted by molar-refractivity contribution is -0.145. The maximum absolute atomic E-state index is 12.6. The summed E-state index contributed by atoms with van der Waals surface area (Å²) in [6.45, 7) is 3.06. The van der Waals surface area contributed by atoms with Crippen LogP contribution in [0.1, 0.15) is 38.7 Å². The van der Waals surface area contributed by atoms with Crippen LogP contribution in [0.2, 0.25) is 0 Å². The van der Waals surface area contributed by atoms with Gasteiger partial charge in [-0.3, -0.25) is 14.4 Å². The lowest BCUT2D eigenvalue weighted by Gasteiger charge is -2.22. The Balaban J connectivity index is 2.83. The van der Waals surface area contributed by atoms with Crippen LogP contribution in [0.25, 0.3) is 0 Å². The number of methoxy groups -OCH3 is 1. The van der Waals surface area contributed by atoms with E-state index < -0.39 is 24.0 Å². The predicted octanol–water partition coefficient (Wildman–Crippen LogP) is 1.15. The van der Waals surface area contributed by atoms with Gasteiger partial charge in [0.05, 0.1) is 7.11 Å². The van der Waals surface area contributed by atoms with E-state index in [9.17, 15) is 19.2 Å². The fourth-order valence-electron chi connectivity index (χ4n) is 2.45. The summed E-state index contributed by atoms with van der Waals surface area (Å²) < 4.78 is 4.71. The number of esters is 1.